The summed E-state index contributed by atoms with van der Waals surface area (Å²) in [6, 6.07) is 6.12. The van der Waals surface area contributed by atoms with Crippen LogP contribution in [0.15, 0.2) is 43.5 Å². The molecular formula is C17H18BrN5O3S2. The van der Waals surface area contributed by atoms with Gasteiger partial charge in [0.05, 0.1) is 10.3 Å². The average Bonchev–Trinajstić information content (AvgIpc) is 3.28. The van der Waals surface area contributed by atoms with E-state index in [9.17, 15) is 8.42 Å². The molecule has 0 aromatic carbocycles. The van der Waals surface area contributed by atoms with E-state index in [0.717, 1.165) is 32.0 Å². The molecule has 28 heavy (non-hydrogen) atoms. The Morgan fingerprint density at radius 3 is 2.82 bits per heavy atom. The molecule has 8 nitrogen and oxygen atoms in total. The Labute approximate surface area is 175 Å². The van der Waals surface area contributed by atoms with Crippen molar-refractivity contribution < 1.29 is 13.2 Å². The highest BCUT2D eigenvalue weighted by Crippen LogP contribution is 2.44. The van der Waals surface area contributed by atoms with Crippen LogP contribution >= 0.6 is 27.3 Å². The van der Waals surface area contributed by atoms with Crippen LogP contribution in [0.2, 0.25) is 0 Å². The molecular weight excluding hydrogens is 466 g/mol. The standard InChI is InChI=1S/C17H18BrN5O3S2/c18-16-15-13(11-27-16)28(24,25)23-10-12(26-17(23)20-15)9-21-5-7-22(8-6-21)14-3-1-2-4-19-14/h1-4,11-12H,5-10H2. The second kappa shape index (κ2) is 6.97. The number of nitrogens with zero attached hydrogens (tertiary/aromatic N) is 5. The maximum atomic E-state index is 12.9. The number of aliphatic imine (C=N–C) groups is 1. The second-order valence-electron chi connectivity index (χ2n) is 6.87. The molecule has 11 heteroatoms. The molecule has 148 valence electrons. The lowest BCUT2D eigenvalue weighted by atomic mass is 10.2. The number of piperazine rings is 1. The lowest BCUT2D eigenvalue weighted by Gasteiger charge is -2.36. The third-order valence-electron chi connectivity index (χ3n) is 5.13. The van der Waals surface area contributed by atoms with E-state index in [1.54, 1.807) is 5.38 Å². The quantitative estimate of drug-likeness (QED) is 0.665. The SMILES string of the molecule is O=S1(=O)c2csc(Br)c2N=C2OC(CN3CCN(c4ccccn4)CC3)CN21. The number of fused-ring (bicyclic) bond motifs is 2. The van der Waals surface area contributed by atoms with Crippen LogP contribution in [-0.4, -0.2) is 74.0 Å². The zero-order valence-electron chi connectivity index (χ0n) is 14.9. The van der Waals surface area contributed by atoms with E-state index >= 15 is 0 Å². The van der Waals surface area contributed by atoms with Gasteiger partial charge in [-0.15, -0.1) is 11.3 Å². The van der Waals surface area contributed by atoms with E-state index in [1.807, 2.05) is 24.4 Å². The predicted octanol–water partition coefficient (Wildman–Crippen LogP) is 2.12. The normalized spacial score (nSPS) is 23.8. The van der Waals surface area contributed by atoms with Gasteiger partial charge in [0.1, 0.15) is 22.5 Å². The zero-order valence-corrected chi connectivity index (χ0v) is 18.1. The molecule has 0 bridgehead atoms. The Bertz CT molecular complexity index is 1020. The Kier molecular flexibility index (Phi) is 4.57. The topological polar surface area (TPSA) is 78.3 Å². The van der Waals surface area contributed by atoms with Crippen molar-refractivity contribution in [1.82, 2.24) is 14.2 Å². The van der Waals surface area contributed by atoms with E-state index in [1.165, 1.54) is 15.6 Å². The van der Waals surface area contributed by atoms with E-state index in [4.69, 9.17) is 4.74 Å². The Morgan fingerprint density at radius 1 is 1.25 bits per heavy atom. The number of ether oxygens (including phenoxy) is 1. The number of hydrogen-bond donors (Lipinski definition) is 0. The highest BCUT2D eigenvalue weighted by Gasteiger charge is 2.44. The summed E-state index contributed by atoms with van der Waals surface area (Å²) >= 11 is 4.69. The molecule has 3 aliphatic heterocycles. The Balaban J connectivity index is 1.24. The number of pyridine rings is 1. The molecule has 0 saturated carbocycles. The largest absolute Gasteiger partial charge is 0.458 e. The fraction of sp³-hybridized carbons (Fsp3) is 0.412. The number of amidine groups is 1. The van der Waals surface area contributed by atoms with Crippen molar-refractivity contribution in [2.45, 2.75) is 11.0 Å². The van der Waals surface area contributed by atoms with Crippen LogP contribution in [-0.2, 0) is 14.8 Å². The summed E-state index contributed by atoms with van der Waals surface area (Å²) in [4.78, 5) is 13.7. The highest BCUT2D eigenvalue weighted by molar-refractivity contribution is 9.11. The summed E-state index contributed by atoms with van der Waals surface area (Å²) in [5, 5.41) is 1.62. The van der Waals surface area contributed by atoms with Crippen molar-refractivity contribution in [3.05, 3.63) is 33.6 Å². The monoisotopic (exact) mass is 483 g/mol. The number of anilines is 1. The van der Waals surface area contributed by atoms with E-state index < -0.39 is 10.0 Å². The third-order valence-corrected chi connectivity index (χ3v) is 8.72. The number of halogens is 1. The lowest BCUT2D eigenvalue weighted by molar-refractivity contribution is 0.143. The van der Waals surface area contributed by atoms with Gasteiger partial charge >= 0.3 is 6.02 Å². The van der Waals surface area contributed by atoms with E-state index in [-0.39, 0.29) is 17.0 Å². The summed E-state index contributed by atoms with van der Waals surface area (Å²) in [5.74, 6) is 0.994. The highest BCUT2D eigenvalue weighted by atomic mass is 79.9. The first-order valence-electron chi connectivity index (χ1n) is 8.96. The maximum absolute atomic E-state index is 12.9. The van der Waals surface area contributed by atoms with E-state index in [2.05, 4.69) is 35.7 Å². The van der Waals surface area contributed by atoms with Gasteiger partial charge in [-0.25, -0.2) is 17.7 Å². The molecule has 2 aromatic heterocycles. The van der Waals surface area contributed by atoms with Crippen LogP contribution in [0.3, 0.4) is 0 Å². The van der Waals surface area contributed by atoms with Gasteiger partial charge in [0.25, 0.3) is 10.0 Å². The van der Waals surface area contributed by atoms with Crippen molar-refractivity contribution in [3.8, 4) is 0 Å². The van der Waals surface area contributed by atoms with Crippen molar-refractivity contribution >= 4 is 54.8 Å². The maximum Gasteiger partial charge on any atom is 0.307 e. The van der Waals surface area contributed by atoms with Gasteiger partial charge in [-0.2, -0.15) is 4.99 Å². The van der Waals surface area contributed by atoms with Crippen molar-refractivity contribution in [3.63, 3.8) is 0 Å². The molecule has 0 radical (unpaired) electrons. The van der Waals surface area contributed by atoms with Gasteiger partial charge < -0.3 is 9.64 Å². The molecule has 1 unspecified atom stereocenters. The fourth-order valence-electron chi connectivity index (χ4n) is 3.68. The second-order valence-corrected chi connectivity index (χ2v) is 10.9. The first-order valence-corrected chi connectivity index (χ1v) is 12.1. The van der Waals surface area contributed by atoms with Crippen molar-refractivity contribution in [1.29, 1.82) is 0 Å². The Morgan fingerprint density at radius 2 is 2.07 bits per heavy atom. The minimum Gasteiger partial charge on any atom is -0.458 e. The van der Waals surface area contributed by atoms with Crippen molar-refractivity contribution in [2.75, 3.05) is 44.2 Å². The third kappa shape index (κ3) is 3.10. The number of thiophene rings is 1. The predicted molar refractivity (Wildman–Crippen MR) is 111 cm³/mol. The number of rotatable bonds is 3. The summed E-state index contributed by atoms with van der Waals surface area (Å²) in [6.07, 6.45) is 1.59. The summed E-state index contributed by atoms with van der Waals surface area (Å²) in [6.45, 7) is 4.51. The van der Waals surface area contributed by atoms with Gasteiger partial charge in [-0.05, 0) is 28.1 Å². The molecule has 0 spiro atoms. The van der Waals surface area contributed by atoms with Crippen LogP contribution < -0.4 is 4.90 Å². The molecule has 5 heterocycles. The number of hydrogen-bond acceptors (Lipinski definition) is 8. The van der Waals surface area contributed by atoms with Gasteiger partial charge in [0.15, 0.2) is 0 Å². The van der Waals surface area contributed by atoms with E-state index in [0.29, 0.717) is 22.6 Å². The molecule has 1 atom stereocenters. The van der Waals surface area contributed by atoms with Gasteiger partial charge in [-0.1, -0.05) is 6.07 Å². The zero-order chi connectivity index (χ0) is 19.3. The molecule has 2 fully saturated rings. The minimum atomic E-state index is -3.59. The molecule has 0 amide bonds. The molecule has 3 aliphatic rings. The molecule has 5 rings (SSSR count). The van der Waals surface area contributed by atoms with Gasteiger partial charge in [0.2, 0.25) is 0 Å². The molecule has 0 aliphatic carbocycles. The lowest BCUT2D eigenvalue weighted by Crippen LogP contribution is -2.49. The molecule has 2 saturated heterocycles. The minimum absolute atomic E-state index is 0.184. The summed E-state index contributed by atoms with van der Waals surface area (Å²) in [5.41, 5.74) is 0.445. The van der Waals surface area contributed by atoms with Crippen LogP contribution in [0.5, 0.6) is 0 Å². The molecule has 0 N–H and O–H groups in total. The average molecular weight is 484 g/mol. The number of sulfonamides is 1. The summed E-state index contributed by atoms with van der Waals surface area (Å²) < 4.78 is 33.6. The Hall–Kier alpha value is -1.69. The first kappa shape index (κ1) is 18.3. The van der Waals surface area contributed by atoms with Gasteiger partial charge in [-0.3, -0.25) is 4.90 Å². The van der Waals surface area contributed by atoms with Crippen LogP contribution in [0, 0.1) is 0 Å². The molecule has 2 aromatic rings. The smallest absolute Gasteiger partial charge is 0.307 e. The summed E-state index contributed by atoms with van der Waals surface area (Å²) in [7, 11) is -3.59. The van der Waals surface area contributed by atoms with Crippen LogP contribution in [0.4, 0.5) is 11.5 Å². The first-order chi connectivity index (χ1) is 13.5. The van der Waals surface area contributed by atoms with Crippen molar-refractivity contribution in [2.24, 2.45) is 4.99 Å². The number of aromatic nitrogens is 1. The van der Waals surface area contributed by atoms with Gasteiger partial charge in [0, 0.05) is 44.3 Å². The van der Waals surface area contributed by atoms with Crippen LogP contribution in [0.1, 0.15) is 0 Å². The fourth-order valence-corrected chi connectivity index (χ4v) is 6.96. The van der Waals surface area contributed by atoms with Crippen LogP contribution in [0.25, 0.3) is 0 Å².